The molecule has 0 saturated carbocycles. The zero-order valence-corrected chi connectivity index (χ0v) is 15.2. The van der Waals surface area contributed by atoms with Gasteiger partial charge in [-0.25, -0.2) is 4.98 Å². The number of aromatic nitrogens is 2. The first-order valence-electron chi connectivity index (χ1n) is 7.68. The van der Waals surface area contributed by atoms with Crippen molar-refractivity contribution in [1.29, 1.82) is 0 Å². The van der Waals surface area contributed by atoms with E-state index in [1.165, 1.54) is 4.40 Å². The lowest BCUT2D eigenvalue weighted by Gasteiger charge is -2.07. The Hall–Kier alpha value is -2.18. The van der Waals surface area contributed by atoms with Crippen LogP contribution in [0.3, 0.4) is 0 Å². The van der Waals surface area contributed by atoms with E-state index in [9.17, 15) is 4.79 Å². The second kappa shape index (κ2) is 8.27. The zero-order valence-electron chi connectivity index (χ0n) is 13.6. The molecular weight excluding hydrogens is 360 g/mol. The van der Waals surface area contributed by atoms with Gasteiger partial charge in [-0.15, -0.1) is 0 Å². The molecule has 130 valence electrons. The Labute approximate surface area is 154 Å². The molecule has 0 bridgehead atoms. The summed E-state index contributed by atoms with van der Waals surface area (Å²) in [6.07, 6.45) is 1.58. The Kier molecular flexibility index (Phi) is 5.83. The summed E-state index contributed by atoms with van der Waals surface area (Å²) < 4.78 is 12.2. The summed E-state index contributed by atoms with van der Waals surface area (Å²) in [5.41, 5.74) is 1.22. The van der Waals surface area contributed by atoms with Crippen molar-refractivity contribution in [2.75, 3.05) is 19.5 Å². The van der Waals surface area contributed by atoms with Gasteiger partial charge in [-0.05, 0) is 36.4 Å². The van der Waals surface area contributed by atoms with E-state index in [1.807, 2.05) is 24.3 Å². The van der Waals surface area contributed by atoms with Crippen LogP contribution in [-0.2, 0) is 5.75 Å². The van der Waals surface area contributed by atoms with Crippen LogP contribution >= 0.6 is 23.4 Å². The normalized spacial score (nSPS) is 10.8. The third kappa shape index (κ3) is 4.67. The van der Waals surface area contributed by atoms with Crippen LogP contribution < -0.4 is 15.0 Å². The summed E-state index contributed by atoms with van der Waals surface area (Å²) in [5.74, 6) is 3.06. The first kappa shape index (κ1) is 17.6. The number of rotatable bonds is 7. The largest absolute Gasteiger partial charge is 0.497 e. The van der Waals surface area contributed by atoms with Gasteiger partial charge in [0.15, 0.2) is 0 Å². The molecule has 7 heteroatoms. The van der Waals surface area contributed by atoms with E-state index in [0.29, 0.717) is 23.0 Å². The first-order chi connectivity index (χ1) is 12.2. The summed E-state index contributed by atoms with van der Waals surface area (Å²) >= 11 is 7.57. The molecule has 2 heterocycles. The lowest BCUT2D eigenvalue weighted by molar-refractivity contribution is 0.342. The quantitative estimate of drug-likeness (QED) is 0.589. The Balaban J connectivity index is 1.51. The van der Waals surface area contributed by atoms with E-state index in [4.69, 9.17) is 21.1 Å². The predicted octanol–water partition coefficient (Wildman–Crippen LogP) is 3.67. The maximum Gasteiger partial charge on any atom is 0.258 e. The second-order valence-corrected chi connectivity index (χ2v) is 6.78. The number of halogens is 1. The smallest absolute Gasteiger partial charge is 0.258 e. The maximum atomic E-state index is 12.1. The van der Waals surface area contributed by atoms with Gasteiger partial charge in [-0.3, -0.25) is 9.20 Å². The molecule has 3 aromatic rings. The average molecular weight is 377 g/mol. The van der Waals surface area contributed by atoms with E-state index >= 15 is 0 Å². The van der Waals surface area contributed by atoms with E-state index < -0.39 is 0 Å². The van der Waals surface area contributed by atoms with Crippen LogP contribution in [0.5, 0.6) is 11.5 Å². The highest BCUT2D eigenvalue weighted by Crippen LogP contribution is 2.18. The number of ether oxygens (including phenoxy) is 2. The van der Waals surface area contributed by atoms with Gasteiger partial charge in [0.05, 0.1) is 24.4 Å². The molecule has 25 heavy (non-hydrogen) atoms. The van der Waals surface area contributed by atoms with E-state index in [0.717, 1.165) is 22.9 Å². The number of hydrogen-bond donors (Lipinski definition) is 0. The Morgan fingerprint density at radius 3 is 2.68 bits per heavy atom. The monoisotopic (exact) mass is 376 g/mol. The number of hydrogen-bond acceptors (Lipinski definition) is 5. The minimum Gasteiger partial charge on any atom is -0.497 e. The van der Waals surface area contributed by atoms with Crippen LogP contribution in [0, 0.1) is 0 Å². The molecule has 1 aromatic carbocycles. The third-order valence-electron chi connectivity index (χ3n) is 3.48. The minimum atomic E-state index is -0.127. The summed E-state index contributed by atoms with van der Waals surface area (Å²) in [6.45, 7) is 0.583. The molecule has 0 fully saturated rings. The molecule has 0 radical (unpaired) electrons. The van der Waals surface area contributed by atoms with Crippen molar-refractivity contribution in [3.8, 4) is 11.5 Å². The van der Waals surface area contributed by atoms with Crippen molar-refractivity contribution < 1.29 is 9.47 Å². The van der Waals surface area contributed by atoms with Gasteiger partial charge in [0, 0.05) is 23.8 Å². The molecule has 0 saturated heterocycles. The molecule has 0 amide bonds. The van der Waals surface area contributed by atoms with Gasteiger partial charge in [0.1, 0.15) is 17.1 Å². The van der Waals surface area contributed by atoms with Crippen LogP contribution in [0.4, 0.5) is 0 Å². The van der Waals surface area contributed by atoms with Crippen molar-refractivity contribution in [3.05, 3.63) is 69.7 Å². The van der Waals surface area contributed by atoms with E-state index in [2.05, 4.69) is 4.98 Å². The average Bonchev–Trinajstić information content (AvgIpc) is 2.62. The topological polar surface area (TPSA) is 52.8 Å². The maximum absolute atomic E-state index is 12.1. The highest BCUT2D eigenvalue weighted by molar-refractivity contribution is 7.98. The fourth-order valence-electron chi connectivity index (χ4n) is 2.27. The van der Waals surface area contributed by atoms with Gasteiger partial charge in [0.25, 0.3) is 5.56 Å². The number of pyridine rings is 1. The minimum absolute atomic E-state index is 0.127. The summed E-state index contributed by atoms with van der Waals surface area (Å²) in [7, 11) is 1.63. The molecule has 0 N–H and O–H groups in total. The molecule has 2 aromatic heterocycles. The van der Waals surface area contributed by atoms with Crippen molar-refractivity contribution in [2.24, 2.45) is 0 Å². The lowest BCUT2D eigenvalue weighted by atomic mass is 10.3. The molecular formula is C18H17ClN2O3S. The van der Waals surface area contributed by atoms with Crippen molar-refractivity contribution in [1.82, 2.24) is 9.38 Å². The highest BCUT2D eigenvalue weighted by atomic mass is 35.5. The molecule has 0 spiro atoms. The molecule has 5 nitrogen and oxygen atoms in total. The summed E-state index contributed by atoms with van der Waals surface area (Å²) in [6, 6.07) is 12.5. The third-order valence-corrected chi connectivity index (χ3v) is 4.66. The van der Waals surface area contributed by atoms with Gasteiger partial charge in [-0.1, -0.05) is 11.6 Å². The number of benzene rings is 1. The number of fused-ring (bicyclic) bond motifs is 1. The van der Waals surface area contributed by atoms with E-state index in [1.54, 1.807) is 43.3 Å². The predicted molar refractivity (Wildman–Crippen MR) is 101 cm³/mol. The van der Waals surface area contributed by atoms with Crippen molar-refractivity contribution in [2.45, 2.75) is 5.75 Å². The highest BCUT2D eigenvalue weighted by Gasteiger charge is 2.03. The lowest BCUT2D eigenvalue weighted by Crippen LogP contribution is -2.15. The van der Waals surface area contributed by atoms with Gasteiger partial charge in [0.2, 0.25) is 0 Å². The van der Waals surface area contributed by atoms with Crippen LogP contribution in [0.1, 0.15) is 5.69 Å². The Morgan fingerprint density at radius 2 is 1.92 bits per heavy atom. The molecule has 0 atom stereocenters. The van der Waals surface area contributed by atoms with Crippen LogP contribution in [-0.4, -0.2) is 28.9 Å². The molecule has 0 aliphatic rings. The fraction of sp³-hybridized carbons (Fsp3) is 0.222. The molecule has 0 aliphatic heterocycles. The van der Waals surface area contributed by atoms with Gasteiger partial charge in [-0.2, -0.15) is 11.8 Å². The van der Waals surface area contributed by atoms with Gasteiger partial charge < -0.3 is 9.47 Å². The molecule has 3 rings (SSSR count). The van der Waals surface area contributed by atoms with Crippen molar-refractivity contribution >= 4 is 29.0 Å². The fourth-order valence-corrected chi connectivity index (χ4v) is 3.13. The van der Waals surface area contributed by atoms with Crippen molar-refractivity contribution in [3.63, 3.8) is 0 Å². The SMILES string of the molecule is COc1ccc(OCCSCc2cc(=O)n3cc(Cl)ccc3n2)cc1. The van der Waals surface area contributed by atoms with Gasteiger partial charge >= 0.3 is 0 Å². The Bertz CT molecular complexity index is 912. The molecule has 0 aliphatic carbocycles. The van der Waals surface area contributed by atoms with Crippen LogP contribution in [0.15, 0.2) is 53.5 Å². The first-order valence-corrected chi connectivity index (χ1v) is 9.21. The standard InChI is InChI=1S/C18H17ClN2O3S/c1-23-15-3-5-16(6-4-15)24-8-9-25-12-14-10-18(22)21-11-13(19)2-7-17(21)20-14/h2-7,10-11H,8-9,12H2,1H3. The molecule has 0 unspecified atom stereocenters. The number of nitrogens with zero attached hydrogens (tertiary/aromatic N) is 2. The number of thioether (sulfide) groups is 1. The summed E-state index contributed by atoms with van der Waals surface area (Å²) in [5, 5.41) is 0.509. The van der Waals surface area contributed by atoms with Crippen LogP contribution in [0.2, 0.25) is 5.02 Å². The zero-order chi connectivity index (χ0) is 17.6. The van der Waals surface area contributed by atoms with E-state index in [-0.39, 0.29) is 5.56 Å². The Morgan fingerprint density at radius 1 is 1.16 bits per heavy atom. The second-order valence-electron chi connectivity index (χ2n) is 5.24. The van der Waals surface area contributed by atoms with Crippen LogP contribution in [0.25, 0.3) is 5.65 Å². The number of methoxy groups -OCH3 is 1. The summed E-state index contributed by atoms with van der Waals surface area (Å²) in [4.78, 5) is 16.6.